The Hall–Kier alpha value is -6.97. The maximum absolute atomic E-state index is 4.66. The molecule has 8 heteroatoms. The van der Waals surface area contributed by atoms with Gasteiger partial charge in [-0.25, -0.2) is 12.1 Å². The van der Waals surface area contributed by atoms with Gasteiger partial charge in [0.15, 0.2) is 0 Å². The molecule has 0 aliphatic heterocycles. The minimum absolute atomic E-state index is 0. The predicted molar refractivity (Wildman–Crippen MR) is 237 cm³/mol. The van der Waals surface area contributed by atoms with Gasteiger partial charge in [0.25, 0.3) is 0 Å². The molecule has 0 aliphatic carbocycles. The van der Waals surface area contributed by atoms with Crippen molar-refractivity contribution in [3.8, 4) is 78.9 Å². The van der Waals surface area contributed by atoms with E-state index in [9.17, 15) is 0 Å². The molecule has 62 heavy (non-hydrogen) atoms. The van der Waals surface area contributed by atoms with Crippen LogP contribution in [0.5, 0.6) is 0 Å². The first-order valence-electron chi connectivity index (χ1n) is 19.2. The normalized spacial score (nSPS) is 10.0. The van der Waals surface area contributed by atoms with Crippen molar-refractivity contribution >= 4 is 0 Å². The summed E-state index contributed by atoms with van der Waals surface area (Å²) in [6.45, 7) is 0. The van der Waals surface area contributed by atoms with Gasteiger partial charge >= 0.3 is 39.0 Å². The van der Waals surface area contributed by atoms with Crippen LogP contribution >= 0.6 is 0 Å². The van der Waals surface area contributed by atoms with Gasteiger partial charge in [-0.1, -0.05) is 82.2 Å². The van der Waals surface area contributed by atoms with Crippen LogP contribution in [-0.4, -0.2) is 29.9 Å². The maximum Gasteiger partial charge on any atom is 3.00 e. The number of hydrogen-bond acceptors (Lipinski definition) is 6. The van der Waals surface area contributed by atoms with Crippen molar-refractivity contribution in [2.45, 2.75) is 0 Å². The Bertz CT molecular complexity index is 2540. The van der Waals surface area contributed by atoms with E-state index in [1.165, 1.54) is 0 Å². The van der Waals surface area contributed by atoms with Crippen molar-refractivity contribution in [2.75, 3.05) is 0 Å². The molecule has 6 aromatic heterocycles. The molecular formula is C54H34N6Rh2. The third kappa shape index (κ3) is 12.1. The molecule has 0 spiro atoms. The van der Waals surface area contributed by atoms with Gasteiger partial charge in [-0.15, -0.1) is 132 Å². The molecule has 4 aromatic carbocycles. The summed E-state index contributed by atoms with van der Waals surface area (Å²) >= 11 is 0. The topological polar surface area (TPSA) is 77.3 Å². The van der Waals surface area contributed by atoms with E-state index in [0.717, 1.165) is 67.5 Å². The Morgan fingerprint density at radius 3 is 0.871 bits per heavy atom. The second-order valence-electron chi connectivity index (χ2n) is 13.0. The monoisotopic (exact) mass is 972 g/mol. The molecule has 0 fully saturated rings. The molecule has 0 bridgehead atoms. The number of benzene rings is 4. The third-order valence-electron chi connectivity index (χ3n) is 8.93. The first kappa shape index (κ1) is 44.6. The van der Waals surface area contributed by atoms with Crippen molar-refractivity contribution in [3.05, 3.63) is 243 Å². The molecule has 0 radical (unpaired) electrons. The Balaban J connectivity index is 0.000000155. The van der Waals surface area contributed by atoms with E-state index in [4.69, 9.17) is 0 Å². The van der Waals surface area contributed by atoms with Crippen molar-refractivity contribution in [2.24, 2.45) is 0 Å². The van der Waals surface area contributed by atoms with E-state index < -0.39 is 0 Å². The Morgan fingerprint density at radius 2 is 0.581 bits per heavy atom. The third-order valence-corrected chi connectivity index (χ3v) is 8.93. The van der Waals surface area contributed by atoms with Crippen LogP contribution < -0.4 is 0 Å². The number of pyridine rings is 6. The summed E-state index contributed by atoms with van der Waals surface area (Å²) in [7, 11) is 0. The molecule has 0 saturated heterocycles. The van der Waals surface area contributed by atoms with Crippen LogP contribution in [0.15, 0.2) is 207 Å². The maximum atomic E-state index is 4.66. The smallest absolute Gasteiger partial charge is 0.397 e. The summed E-state index contributed by atoms with van der Waals surface area (Å²) in [5, 5.41) is 0. The largest absolute Gasteiger partial charge is 3.00 e. The summed E-state index contributed by atoms with van der Waals surface area (Å²) in [5.41, 5.74) is 12.6. The summed E-state index contributed by atoms with van der Waals surface area (Å²) in [6, 6.07) is 78.0. The molecule has 6 nitrogen and oxygen atoms in total. The van der Waals surface area contributed by atoms with Gasteiger partial charge in [-0.2, -0.15) is 24.3 Å². The van der Waals surface area contributed by atoms with E-state index in [0.29, 0.717) is 11.4 Å². The average Bonchev–Trinajstić information content (AvgIpc) is 3.36. The minimum Gasteiger partial charge on any atom is -0.397 e. The SMILES string of the molecule is [Rh+3].[Rh+3].[c-]1c(-c2ccccn2)cccc1-c1ccccn1.[c-]1c(-c2ccccn2)cccc1-c1ccccn1.[c-]1ccccc1-c1cc[c-]c(-c2[c-]ccc(-c3[c-]cccc3)n2)n1. The zero-order chi connectivity index (χ0) is 40.6. The summed E-state index contributed by atoms with van der Waals surface area (Å²) in [4.78, 5) is 26.6. The number of rotatable bonds is 7. The quantitative estimate of drug-likeness (QED) is 0.117. The predicted octanol–water partition coefficient (Wildman–Crippen LogP) is 11.9. The molecule has 0 N–H and O–H groups in total. The number of nitrogens with zero attached hydrogens (tertiary/aromatic N) is 6. The fraction of sp³-hybridized carbons (Fsp3) is 0. The van der Waals surface area contributed by atoms with Crippen LogP contribution in [0.2, 0.25) is 0 Å². The van der Waals surface area contributed by atoms with Crippen LogP contribution in [0.25, 0.3) is 78.9 Å². The van der Waals surface area contributed by atoms with Gasteiger partial charge in [-0.05, 0) is 24.3 Å². The van der Waals surface area contributed by atoms with Crippen molar-refractivity contribution in [3.63, 3.8) is 0 Å². The standard InChI is InChI=1S/C22H12N2.2C16H11N2.2Rh/c1-3-9-17(10-4-1)19-13-7-15-21(23-19)22-16-8-14-20(24-22)18-11-5-2-6-12-18;2*1-3-10-17-15(8-1)13-6-5-7-14(12-13)16-9-2-4-11-18-16;;/h1-9,11,13-14H;2*1-11H;;/q-4;2*-1;2*+3. The summed E-state index contributed by atoms with van der Waals surface area (Å²) < 4.78 is 0. The first-order valence-corrected chi connectivity index (χ1v) is 19.2. The van der Waals surface area contributed by atoms with Gasteiger partial charge in [0.05, 0.1) is 0 Å². The first-order chi connectivity index (χ1) is 29.8. The molecule has 0 saturated carbocycles. The Labute approximate surface area is 388 Å². The Morgan fingerprint density at radius 1 is 0.258 bits per heavy atom. The average molecular weight is 973 g/mol. The van der Waals surface area contributed by atoms with Gasteiger partial charge in [0.2, 0.25) is 0 Å². The number of hydrogen-bond donors (Lipinski definition) is 0. The molecule has 6 heterocycles. The molecule has 298 valence electrons. The van der Waals surface area contributed by atoms with Gasteiger partial charge < -0.3 is 9.97 Å². The second-order valence-corrected chi connectivity index (χ2v) is 13.0. The summed E-state index contributed by atoms with van der Waals surface area (Å²) in [6.07, 6.45) is 7.15. The van der Waals surface area contributed by atoms with E-state index in [2.05, 4.69) is 66.3 Å². The van der Waals surface area contributed by atoms with Crippen molar-refractivity contribution in [1.82, 2.24) is 29.9 Å². The molecule has 0 amide bonds. The minimum atomic E-state index is 0. The fourth-order valence-corrected chi connectivity index (χ4v) is 6.05. The molecule has 10 aromatic rings. The molecule has 0 unspecified atom stereocenters. The van der Waals surface area contributed by atoms with Crippen LogP contribution in [0, 0.1) is 36.4 Å². The zero-order valence-electron chi connectivity index (χ0n) is 33.0. The molecule has 10 rings (SSSR count). The van der Waals surface area contributed by atoms with Crippen LogP contribution in [0.4, 0.5) is 0 Å². The zero-order valence-corrected chi connectivity index (χ0v) is 36.3. The van der Waals surface area contributed by atoms with Gasteiger partial charge in [-0.3, -0.25) is 19.9 Å². The van der Waals surface area contributed by atoms with E-state index >= 15 is 0 Å². The van der Waals surface area contributed by atoms with E-state index in [-0.39, 0.29) is 39.0 Å². The van der Waals surface area contributed by atoms with E-state index in [1.807, 2.05) is 182 Å². The molecule has 0 aliphatic rings. The van der Waals surface area contributed by atoms with Crippen molar-refractivity contribution < 1.29 is 39.0 Å². The summed E-state index contributed by atoms with van der Waals surface area (Å²) in [5.74, 6) is 0. The molecular weight excluding hydrogens is 938 g/mol. The fourth-order valence-electron chi connectivity index (χ4n) is 6.05. The Kier molecular flexibility index (Phi) is 16.6. The van der Waals surface area contributed by atoms with E-state index in [1.54, 1.807) is 24.8 Å². The molecule has 0 atom stereocenters. The van der Waals surface area contributed by atoms with Crippen LogP contribution in [0.1, 0.15) is 0 Å². The number of aromatic nitrogens is 6. The van der Waals surface area contributed by atoms with Crippen LogP contribution in [0.3, 0.4) is 0 Å². The second kappa shape index (κ2) is 23.1. The van der Waals surface area contributed by atoms with Crippen LogP contribution in [-0.2, 0) is 39.0 Å². The van der Waals surface area contributed by atoms with Gasteiger partial charge in [0.1, 0.15) is 0 Å². The van der Waals surface area contributed by atoms with Crippen molar-refractivity contribution in [1.29, 1.82) is 0 Å². The van der Waals surface area contributed by atoms with Gasteiger partial charge in [0, 0.05) is 47.6 Å².